The van der Waals surface area contributed by atoms with E-state index in [1.807, 2.05) is 12.1 Å². The third kappa shape index (κ3) is 1.99. The van der Waals surface area contributed by atoms with Crippen molar-refractivity contribution >= 4 is 5.69 Å². The van der Waals surface area contributed by atoms with E-state index in [2.05, 4.69) is 12.2 Å². The van der Waals surface area contributed by atoms with Crippen LogP contribution in [0.15, 0.2) is 24.3 Å². The van der Waals surface area contributed by atoms with Gasteiger partial charge in [0.1, 0.15) is 0 Å². The van der Waals surface area contributed by atoms with Gasteiger partial charge in [0.05, 0.1) is 4.92 Å². The second-order valence-electron chi connectivity index (χ2n) is 4.09. The number of nitrogens with one attached hydrogen (secondary N) is 1. The van der Waals surface area contributed by atoms with Crippen LogP contribution < -0.4 is 5.32 Å². The molecule has 1 fully saturated rings. The Balaban J connectivity index is 2.19. The molecule has 15 heavy (non-hydrogen) atoms. The first-order chi connectivity index (χ1) is 7.18. The van der Waals surface area contributed by atoms with Crippen LogP contribution in [0.4, 0.5) is 5.69 Å². The molecule has 1 aliphatic rings. The molecule has 2 rings (SSSR count). The Morgan fingerprint density at radius 2 is 2.00 bits per heavy atom. The molecule has 1 aromatic carbocycles. The monoisotopic (exact) mass is 206 g/mol. The summed E-state index contributed by atoms with van der Waals surface area (Å²) in [4.78, 5) is 10.1. The first-order valence-corrected chi connectivity index (χ1v) is 5.13. The maximum Gasteiger partial charge on any atom is 0.269 e. The topological polar surface area (TPSA) is 55.2 Å². The number of benzene rings is 1. The summed E-state index contributed by atoms with van der Waals surface area (Å²) in [5.41, 5.74) is 1.36. The predicted octanol–water partition coefficient (Wildman–Crippen LogP) is 1.92. The molecule has 4 heteroatoms. The maximum atomic E-state index is 10.5. The molecule has 4 nitrogen and oxygen atoms in total. The van der Waals surface area contributed by atoms with Gasteiger partial charge in [-0.3, -0.25) is 10.1 Å². The van der Waals surface area contributed by atoms with Crippen molar-refractivity contribution in [1.29, 1.82) is 0 Å². The van der Waals surface area contributed by atoms with Crippen LogP contribution in [0.5, 0.6) is 0 Å². The van der Waals surface area contributed by atoms with Crippen molar-refractivity contribution in [2.75, 3.05) is 13.1 Å². The Morgan fingerprint density at radius 1 is 1.33 bits per heavy atom. The number of nitrogens with zero attached hydrogens (tertiary/aromatic N) is 1. The summed E-state index contributed by atoms with van der Waals surface area (Å²) in [7, 11) is 0. The molecule has 1 aromatic rings. The zero-order valence-electron chi connectivity index (χ0n) is 8.64. The fourth-order valence-corrected chi connectivity index (χ4v) is 2.10. The van der Waals surface area contributed by atoms with Crippen LogP contribution in [0.25, 0.3) is 0 Å². The predicted molar refractivity (Wildman–Crippen MR) is 57.9 cm³/mol. The fourth-order valence-electron chi connectivity index (χ4n) is 2.10. The van der Waals surface area contributed by atoms with E-state index in [1.165, 1.54) is 5.56 Å². The van der Waals surface area contributed by atoms with Gasteiger partial charge < -0.3 is 5.32 Å². The van der Waals surface area contributed by atoms with Gasteiger partial charge in [-0.1, -0.05) is 19.1 Å². The normalized spacial score (nSPS) is 25.4. The summed E-state index contributed by atoms with van der Waals surface area (Å²) in [6.07, 6.45) is 0. The highest BCUT2D eigenvalue weighted by Gasteiger charge is 2.24. The highest BCUT2D eigenvalue weighted by atomic mass is 16.6. The van der Waals surface area contributed by atoms with E-state index in [0.717, 1.165) is 13.1 Å². The van der Waals surface area contributed by atoms with Crippen LogP contribution in [-0.4, -0.2) is 18.0 Å². The lowest BCUT2D eigenvalue weighted by Gasteiger charge is -2.13. The Morgan fingerprint density at radius 3 is 2.47 bits per heavy atom. The minimum atomic E-state index is -0.361. The van der Waals surface area contributed by atoms with Crippen molar-refractivity contribution in [3.8, 4) is 0 Å². The minimum Gasteiger partial charge on any atom is -0.316 e. The van der Waals surface area contributed by atoms with Gasteiger partial charge in [0.25, 0.3) is 5.69 Å². The van der Waals surface area contributed by atoms with E-state index >= 15 is 0 Å². The molecule has 0 bridgehead atoms. The number of non-ortho nitro benzene ring substituents is 1. The minimum absolute atomic E-state index is 0.164. The molecular formula is C11H14N2O2. The molecule has 0 aliphatic carbocycles. The average molecular weight is 206 g/mol. The van der Waals surface area contributed by atoms with E-state index in [1.54, 1.807) is 12.1 Å². The zero-order valence-corrected chi connectivity index (χ0v) is 8.64. The first-order valence-electron chi connectivity index (χ1n) is 5.13. The molecule has 1 heterocycles. The fraction of sp³-hybridized carbons (Fsp3) is 0.455. The van der Waals surface area contributed by atoms with Gasteiger partial charge in [-0.25, -0.2) is 0 Å². The van der Waals surface area contributed by atoms with Crippen LogP contribution in [0.3, 0.4) is 0 Å². The average Bonchev–Trinajstić information content (AvgIpc) is 2.65. The molecule has 0 unspecified atom stereocenters. The summed E-state index contributed by atoms with van der Waals surface area (Å²) in [5.74, 6) is 1.09. The Bertz CT molecular complexity index is 361. The maximum absolute atomic E-state index is 10.5. The van der Waals surface area contributed by atoms with E-state index in [0.29, 0.717) is 11.8 Å². The zero-order chi connectivity index (χ0) is 10.8. The SMILES string of the molecule is C[C@H]1CNC[C@@H]1c1ccc([N+](=O)[O-])cc1. The summed E-state index contributed by atoms with van der Waals surface area (Å²) in [6.45, 7) is 4.20. The van der Waals surface area contributed by atoms with E-state index in [9.17, 15) is 10.1 Å². The van der Waals surface area contributed by atoms with Gasteiger partial charge in [-0.15, -0.1) is 0 Å². The van der Waals surface area contributed by atoms with Crippen molar-refractivity contribution in [3.05, 3.63) is 39.9 Å². The van der Waals surface area contributed by atoms with Crippen LogP contribution in [0, 0.1) is 16.0 Å². The number of hydrogen-bond donors (Lipinski definition) is 1. The molecule has 0 spiro atoms. The van der Waals surface area contributed by atoms with Crippen molar-refractivity contribution in [3.63, 3.8) is 0 Å². The van der Waals surface area contributed by atoms with Crippen molar-refractivity contribution in [2.24, 2.45) is 5.92 Å². The second kappa shape index (κ2) is 3.98. The lowest BCUT2D eigenvalue weighted by atomic mass is 9.90. The Labute approximate surface area is 88.5 Å². The third-order valence-corrected chi connectivity index (χ3v) is 3.05. The number of nitro groups is 1. The van der Waals surface area contributed by atoms with E-state index < -0.39 is 0 Å². The molecular weight excluding hydrogens is 192 g/mol. The van der Waals surface area contributed by atoms with Crippen LogP contribution in [0.1, 0.15) is 18.4 Å². The van der Waals surface area contributed by atoms with Crippen molar-refractivity contribution in [2.45, 2.75) is 12.8 Å². The first kappa shape index (κ1) is 10.1. The molecule has 0 amide bonds. The van der Waals surface area contributed by atoms with Gasteiger partial charge in [0, 0.05) is 24.6 Å². The highest BCUT2D eigenvalue weighted by molar-refractivity contribution is 5.35. The third-order valence-electron chi connectivity index (χ3n) is 3.05. The van der Waals surface area contributed by atoms with Gasteiger partial charge in [0.2, 0.25) is 0 Å². The molecule has 80 valence electrons. The van der Waals surface area contributed by atoms with E-state index in [4.69, 9.17) is 0 Å². The van der Waals surface area contributed by atoms with E-state index in [-0.39, 0.29) is 10.6 Å². The van der Waals surface area contributed by atoms with Gasteiger partial charge in [-0.05, 0) is 18.0 Å². The molecule has 2 atom stereocenters. The van der Waals surface area contributed by atoms with Gasteiger partial charge >= 0.3 is 0 Å². The smallest absolute Gasteiger partial charge is 0.269 e. The van der Waals surface area contributed by atoms with Crippen LogP contribution >= 0.6 is 0 Å². The Hall–Kier alpha value is -1.42. The van der Waals surface area contributed by atoms with Gasteiger partial charge in [-0.2, -0.15) is 0 Å². The summed E-state index contributed by atoms with van der Waals surface area (Å²) < 4.78 is 0. The lowest BCUT2D eigenvalue weighted by Crippen LogP contribution is -2.07. The van der Waals surface area contributed by atoms with Crippen LogP contribution in [-0.2, 0) is 0 Å². The van der Waals surface area contributed by atoms with Crippen molar-refractivity contribution < 1.29 is 4.92 Å². The lowest BCUT2D eigenvalue weighted by molar-refractivity contribution is -0.384. The molecule has 1 N–H and O–H groups in total. The van der Waals surface area contributed by atoms with Crippen molar-refractivity contribution in [1.82, 2.24) is 5.32 Å². The summed E-state index contributed by atoms with van der Waals surface area (Å²) >= 11 is 0. The number of hydrogen-bond acceptors (Lipinski definition) is 3. The summed E-state index contributed by atoms with van der Waals surface area (Å²) in [5, 5.41) is 13.8. The highest BCUT2D eigenvalue weighted by Crippen LogP contribution is 2.28. The molecule has 0 aromatic heterocycles. The quantitative estimate of drug-likeness (QED) is 0.594. The van der Waals surface area contributed by atoms with Crippen LogP contribution in [0.2, 0.25) is 0 Å². The standard InChI is InChI=1S/C11H14N2O2/c1-8-6-12-7-11(8)9-2-4-10(5-3-9)13(14)15/h2-5,8,11-12H,6-7H2,1H3/t8-,11-/m0/s1. The largest absolute Gasteiger partial charge is 0.316 e. The Kier molecular flexibility index (Phi) is 2.68. The number of nitro benzene ring substituents is 1. The molecule has 1 saturated heterocycles. The summed E-state index contributed by atoms with van der Waals surface area (Å²) in [6, 6.07) is 6.90. The number of rotatable bonds is 2. The molecule has 0 saturated carbocycles. The second-order valence-corrected chi connectivity index (χ2v) is 4.09. The van der Waals surface area contributed by atoms with Gasteiger partial charge in [0.15, 0.2) is 0 Å². The molecule has 0 radical (unpaired) electrons. The molecule has 1 aliphatic heterocycles.